The third-order valence-electron chi connectivity index (χ3n) is 2.73. The molecule has 0 bridgehead atoms. The van der Waals surface area contributed by atoms with Gasteiger partial charge in [-0.05, 0) is 26.8 Å². The zero-order chi connectivity index (χ0) is 10.8. The third-order valence-corrected chi connectivity index (χ3v) is 2.73. The van der Waals surface area contributed by atoms with Crippen LogP contribution in [0.4, 0.5) is 5.95 Å². The van der Waals surface area contributed by atoms with Gasteiger partial charge in [0.1, 0.15) is 0 Å². The number of rotatable bonds is 1. The van der Waals surface area contributed by atoms with Gasteiger partial charge in [0.15, 0.2) is 0 Å². The summed E-state index contributed by atoms with van der Waals surface area (Å²) in [6.45, 7) is 9.25. The minimum absolute atomic E-state index is 0.472. The highest BCUT2D eigenvalue weighted by Crippen LogP contribution is 2.14. The van der Waals surface area contributed by atoms with Gasteiger partial charge in [0.05, 0.1) is 0 Å². The topological polar surface area (TPSA) is 41.1 Å². The molecule has 1 saturated heterocycles. The molecule has 0 aromatic carbocycles. The highest BCUT2D eigenvalue weighted by atomic mass is 15.3. The van der Waals surface area contributed by atoms with Crippen molar-refractivity contribution in [3.05, 3.63) is 17.5 Å². The maximum atomic E-state index is 4.50. The second kappa shape index (κ2) is 4.14. The molecule has 82 valence electrons. The van der Waals surface area contributed by atoms with Crippen LogP contribution in [0, 0.1) is 13.8 Å². The van der Waals surface area contributed by atoms with Crippen molar-refractivity contribution >= 4 is 5.95 Å². The Bertz CT molecular complexity index is 330. The molecule has 1 atom stereocenters. The van der Waals surface area contributed by atoms with Crippen LogP contribution in [-0.2, 0) is 0 Å². The minimum Gasteiger partial charge on any atom is -0.336 e. The minimum atomic E-state index is 0.472. The summed E-state index contributed by atoms with van der Waals surface area (Å²) in [5.74, 6) is 0.876. The Balaban J connectivity index is 2.27. The summed E-state index contributed by atoms with van der Waals surface area (Å²) >= 11 is 0. The highest BCUT2D eigenvalue weighted by molar-refractivity contribution is 5.34. The Labute approximate surface area is 90.7 Å². The second-order valence-corrected chi connectivity index (χ2v) is 4.20. The standard InChI is InChI=1S/C11H18N4/c1-8-6-9(2)14-11(13-8)15-5-4-12-7-10(15)3/h6,10,12H,4-5,7H2,1-3H3/t10-/m1/s1. The molecular weight excluding hydrogens is 188 g/mol. The maximum Gasteiger partial charge on any atom is 0.226 e. The third kappa shape index (κ3) is 2.26. The van der Waals surface area contributed by atoms with E-state index in [0.717, 1.165) is 37.0 Å². The molecule has 1 aromatic heterocycles. The number of anilines is 1. The van der Waals surface area contributed by atoms with E-state index in [2.05, 4.69) is 27.1 Å². The molecule has 0 amide bonds. The lowest BCUT2D eigenvalue weighted by Crippen LogP contribution is -2.50. The zero-order valence-corrected chi connectivity index (χ0v) is 9.62. The van der Waals surface area contributed by atoms with Gasteiger partial charge in [0, 0.05) is 37.1 Å². The van der Waals surface area contributed by atoms with E-state index in [0.29, 0.717) is 6.04 Å². The molecule has 1 N–H and O–H groups in total. The molecule has 1 aromatic rings. The summed E-state index contributed by atoms with van der Waals surface area (Å²) in [6, 6.07) is 2.48. The van der Waals surface area contributed by atoms with E-state index in [9.17, 15) is 0 Å². The Morgan fingerprint density at radius 1 is 1.33 bits per heavy atom. The number of aryl methyl sites for hydroxylation is 2. The van der Waals surface area contributed by atoms with Gasteiger partial charge >= 0.3 is 0 Å². The van der Waals surface area contributed by atoms with Crippen molar-refractivity contribution in [1.82, 2.24) is 15.3 Å². The summed E-state index contributed by atoms with van der Waals surface area (Å²) in [5, 5.41) is 3.37. The SMILES string of the molecule is Cc1cc(C)nc(N2CCNC[C@H]2C)n1. The molecule has 0 radical (unpaired) electrons. The molecule has 4 nitrogen and oxygen atoms in total. The number of aromatic nitrogens is 2. The lowest BCUT2D eigenvalue weighted by Gasteiger charge is -2.34. The summed E-state index contributed by atoms with van der Waals surface area (Å²) in [7, 11) is 0. The van der Waals surface area contributed by atoms with Crippen LogP contribution in [0.3, 0.4) is 0 Å². The molecular formula is C11H18N4. The van der Waals surface area contributed by atoms with Crippen LogP contribution in [0.15, 0.2) is 6.07 Å². The predicted octanol–water partition coefficient (Wildman–Crippen LogP) is 0.892. The maximum absolute atomic E-state index is 4.50. The van der Waals surface area contributed by atoms with Crippen molar-refractivity contribution in [2.75, 3.05) is 24.5 Å². The highest BCUT2D eigenvalue weighted by Gasteiger charge is 2.20. The van der Waals surface area contributed by atoms with Gasteiger partial charge in [-0.15, -0.1) is 0 Å². The zero-order valence-electron chi connectivity index (χ0n) is 9.62. The Hall–Kier alpha value is -1.16. The van der Waals surface area contributed by atoms with Gasteiger partial charge in [0.2, 0.25) is 5.95 Å². The Morgan fingerprint density at radius 2 is 2.00 bits per heavy atom. The Kier molecular flexibility index (Phi) is 2.86. The fourth-order valence-electron chi connectivity index (χ4n) is 1.97. The van der Waals surface area contributed by atoms with Crippen molar-refractivity contribution in [2.24, 2.45) is 0 Å². The Morgan fingerprint density at radius 3 is 2.60 bits per heavy atom. The van der Waals surface area contributed by atoms with Gasteiger partial charge in [-0.3, -0.25) is 0 Å². The van der Waals surface area contributed by atoms with Crippen molar-refractivity contribution in [3.63, 3.8) is 0 Å². The van der Waals surface area contributed by atoms with E-state index in [1.165, 1.54) is 0 Å². The fraction of sp³-hybridized carbons (Fsp3) is 0.636. The summed E-state index contributed by atoms with van der Waals surface area (Å²) in [6.07, 6.45) is 0. The van der Waals surface area contributed by atoms with Crippen molar-refractivity contribution in [2.45, 2.75) is 26.8 Å². The van der Waals surface area contributed by atoms with Crippen LogP contribution in [-0.4, -0.2) is 35.6 Å². The lowest BCUT2D eigenvalue weighted by molar-refractivity contribution is 0.492. The van der Waals surface area contributed by atoms with Crippen LogP contribution >= 0.6 is 0 Å². The van der Waals surface area contributed by atoms with E-state index in [-0.39, 0.29) is 0 Å². The van der Waals surface area contributed by atoms with E-state index < -0.39 is 0 Å². The van der Waals surface area contributed by atoms with Crippen LogP contribution < -0.4 is 10.2 Å². The van der Waals surface area contributed by atoms with E-state index >= 15 is 0 Å². The number of hydrogen-bond donors (Lipinski definition) is 1. The van der Waals surface area contributed by atoms with Gasteiger partial charge in [-0.25, -0.2) is 9.97 Å². The predicted molar refractivity (Wildman–Crippen MR) is 61.2 cm³/mol. The van der Waals surface area contributed by atoms with Crippen LogP contribution in [0.5, 0.6) is 0 Å². The first-order chi connectivity index (χ1) is 7.16. The van der Waals surface area contributed by atoms with Crippen LogP contribution in [0.2, 0.25) is 0 Å². The van der Waals surface area contributed by atoms with Crippen molar-refractivity contribution in [3.8, 4) is 0 Å². The van der Waals surface area contributed by atoms with Crippen molar-refractivity contribution in [1.29, 1.82) is 0 Å². The van der Waals surface area contributed by atoms with E-state index in [1.807, 2.05) is 19.9 Å². The van der Waals surface area contributed by atoms with E-state index in [4.69, 9.17) is 0 Å². The molecule has 4 heteroatoms. The number of nitrogens with one attached hydrogen (secondary N) is 1. The molecule has 15 heavy (non-hydrogen) atoms. The van der Waals surface area contributed by atoms with Crippen LogP contribution in [0.25, 0.3) is 0 Å². The first-order valence-corrected chi connectivity index (χ1v) is 5.46. The molecule has 2 heterocycles. The second-order valence-electron chi connectivity index (χ2n) is 4.20. The molecule has 2 rings (SSSR count). The number of piperazine rings is 1. The first-order valence-electron chi connectivity index (χ1n) is 5.46. The van der Waals surface area contributed by atoms with Gasteiger partial charge < -0.3 is 10.2 Å². The summed E-state index contributed by atoms with van der Waals surface area (Å²) < 4.78 is 0. The molecule has 1 fully saturated rings. The van der Waals surface area contributed by atoms with E-state index in [1.54, 1.807) is 0 Å². The number of hydrogen-bond acceptors (Lipinski definition) is 4. The average Bonchev–Trinajstić information content (AvgIpc) is 2.16. The summed E-state index contributed by atoms with van der Waals surface area (Å²) in [4.78, 5) is 11.3. The van der Waals surface area contributed by atoms with Gasteiger partial charge in [-0.1, -0.05) is 0 Å². The molecule has 0 aliphatic carbocycles. The molecule has 1 aliphatic rings. The first kappa shape index (κ1) is 10.4. The summed E-state index contributed by atoms with van der Waals surface area (Å²) in [5.41, 5.74) is 2.09. The molecule has 0 saturated carbocycles. The number of nitrogens with zero attached hydrogens (tertiary/aromatic N) is 3. The smallest absolute Gasteiger partial charge is 0.226 e. The monoisotopic (exact) mass is 206 g/mol. The van der Waals surface area contributed by atoms with Gasteiger partial charge in [-0.2, -0.15) is 0 Å². The molecule has 0 spiro atoms. The molecule has 0 unspecified atom stereocenters. The molecule has 1 aliphatic heterocycles. The van der Waals surface area contributed by atoms with Gasteiger partial charge in [0.25, 0.3) is 0 Å². The average molecular weight is 206 g/mol. The quantitative estimate of drug-likeness (QED) is 0.741. The van der Waals surface area contributed by atoms with Crippen molar-refractivity contribution < 1.29 is 0 Å². The fourth-order valence-corrected chi connectivity index (χ4v) is 1.97. The largest absolute Gasteiger partial charge is 0.336 e. The van der Waals surface area contributed by atoms with Crippen LogP contribution in [0.1, 0.15) is 18.3 Å². The normalized spacial score (nSPS) is 21.8. The lowest BCUT2D eigenvalue weighted by atomic mass is 10.2.